The van der Waals surface area contributed by atoms with E-state index in [0.717, 1.165) is 22.6 Å². The maximum absolute atomic E-state index is 12.7. The van der Waals surface area contributed by atoms with Crippen LogP contribution >= 0.6 is 23.2 Å². The summed E-state index contributed by atoms with van der Waals surface area (Å²) in [5.74, 6) is -0.501. The smallest absolute Gasteiger partial charge is 0.269 e. The van der Waals surface area contributed by atoms with E-state index >= 15 is 0 Å². The standard InChI is InChI=1S/C24H23Cl2N5O3/c1-14-7-18(13-34-4)20(10-27)24(33)30(14)12-23(32)29-28-11-17-8-15(2)31(16(17)3)22-6-5-19(25)9-21(22)26/h5-9,11H,12-13H2,1-4H3,(H,29,32)/b28-11-. The van der Waals surface area contributed by atoms with E-state index in [1.165, 1.54) is 17.9 Å². The van der Waals surface area contributed by atoms with Crippen molar-refractivity contribution in [1.82, 2.24) is 14.6 Å². The largest absolute Gasteiger partial charge is 0.380 e. The molecule has 176 valence electrons. The van der Waals surface area contributed by atoms with Crippen LogP contribution in [0.5, 0.6) is 0 Å². The molecule has 3 aromatic rings. The highest BCUT2D eigenvalue weighted by Crippen LogP contribution is 2.28. The van der Waals surface area contributed by atoms with Crippen LogP contribution in [-0.4, -0.2) is 28.4 Å². The molecule has 0 saturated carbocycles. The lowest BCUT2D eigenvalue weighted by Crippen LogP contribution is -2.33. The molecule has 2 heterocycles. The van der Waals surface area contributed by atoms with Crippen molar-refractivity contribution in [2.24, 2.45) is 5.10 Å². The number of hydrazone groups is 1. The fraction of sp³-hybridized carbons (Fsp3) is 0.250. The zero-order chi connectivity index (χ0) is 25.0. The van der Waals surface area contributed by atoms with Gasteiger partial charge in [-0.15, -0.1) is 0 Å². The third kappa shape index (κ3) is 5.23. The van der Waals surface area contributed by atoms with E-state index in [9.17, 15) is 14.9 Å². The molecule has 0 aliphatic heterocycles. The molecule has 0 unspecified atom stereocenters. The Morgan fingerprint density at radius 1 is 1.21 bits per heavy atom. The van der Waals surface area contributed by atoms with Gasteiger partial charge in [-0.3, -0.25) is 9.59 Å². The maximum Gasteiger partial charge on any atom is 0.269 e. The molecule has 34 heavy (non-hydrogen) atoms. The van der Waals surface area contributed by atoms with Crippen molar-refractivity contribution in [1.29, 1.82) is 5.26 Å². The van der Waals surface area contributed by atoms with E-state index in [0.29, 0.717) is 21.3 Å². The lowest BCUT2D eigenvalue weighted by Gasteiger charge is -2.12. The first kappa shape index (κ1) is 25.2. The molecule has 0 bridgehead atoms. The fourth-order valence-corrected chi connectivity index (χ4v) is 4.22. The Hall–Kier alpha value is -3.38. The van der Waals surface area contributed by atoms with Crippen LogP contribution in [0.1, 0.15) is 33.8 Å². The Morgan fingerprint density at radius 3 is 2.59 bits per heavy atom. The van der Waals surface area contributed by atoms with Gasteiger partial charge in [0.1, 0.15) is 18.2 Å². The molecule has 0 aliphatic rings. The average Bonchev–Trinajstić information content (AvgIpc) is 3.05. The van der Waals surface area contributed by atoms with Gasteiger partial charge in [0.25, 0.3) is 11.5 Å². The average molecular weight is 500 g/mol. The topological polar surface area (TPSA) is 101 Å². The molecule has 0 fully saturated rings. The van der Waals surface area contributed by atoms with E-state index in [1.54, 1.807) is 25.1 Å². The van der Waals surface area contributed by atoms with Crippen molar-refractivity contribution < 1.29 is 9.53 Å². The minimum Gasteiger partial charge on any atom is -0.380 e. The zero-order valence-corrected chi connectivity index (χ0v) is 20.7. The highest BCUT2D eigenvalue weighted by molar-refractivity contribution is 6.35. The number of hydrogen-bond acceptors (Lipinski definition) is 5. The third-order valence-electron chi connectivity index (χ3n) is 5.32. The first-order chi connectivity index (χ1) is 16.2. The van der Waals surface area contributed by atoms with E-state index in [4.69, 9.17) is 27.9 Å². The lowest BCUT2D eigenvalue weighted by atomic mass is 10.1. The number of nitriles is 1. The van der Waals surface area contributed by atoms with Crippen LogP contribution in [0, 0.1) is 32.1 Å². The second-order valence-corrected chi connectivity index (χ2v) is 8.52. The molecule has 2 aromatic heterocycles. The summed E-state index contributed by atoms with van der Waals surface area (Å²) in [5, 5.41) is 14.4. The summed E-state index contributed by atoms with van der Waals surface area (Å²) in [5.41, 5.74) is 6.24. The van der Waals surface area contributed by atoms with Crippen LogP contribution in [0.2, 0.25) is 10.0 Å². The summed E-state index contributed by atoms with van der Waals surface area (Å²) in [6.07, 6.45) is 1.53. The van der Waals surface area contributed by atoms with Crippen LogP contribution in [0.3, 0.4) is 0 Å². The van der Waals surface area contributed by atoms with Crippen LogP contribution in [0.4, 0.5) is 0 Å². The summed E-state index contributed by atoms with van der Waals surface area (Å²) < 4.78 is 8.24. The van der Waals surface area contributed by atoms with Crippen molar-refractivity contribution in [2.45, 2.75) is 33.9 Å². The highest BCUT2D eigenvalue weighted by atomic mass is 35.5. The molecule has 0 radical (unpaired) electrons. The van der Waals surface area contributed by atoms with Crippen LogP contribution in [0.25, 0.3) is 5.69 Å². The number of pyridine rings is 1. The van der Waals surface area contributed by atoms with Crippen molar-refractivity contribution in [3.63, 3.8) is 0 Å². The Bertz CT molecular complexity index is 1380. The van der Waals surface area contributed by atoms with Gasteiger partial charge in [0, 0.05) is 40.3 Å². The molecular weight excluding hydrogens is 477 g/mol. The van der Waals surface area contributed by atoms with Crippen molar-refractivity contribution >= 4 is 35.3 Å². The SMILES string of the molecule is COCc1cc(C)n(CC(=O)N/N=C\c2cc(C)n(-c3ccc(Cl)cc3Cl)c2C)c(=O)c1C#N. The molecule has 1 N–H and O–H groups in total. The monoisotopic (exact) mass is 499 g/mol. The Balaban J connectivity index is 1.78. The number of amides is 1. The van der Waals surface area contributed by atoms with Gasteiger partial charge >= 0.3 is 0 Å². The maximum atomic E-state index is 12.7. The molecule has 10 heteroatoms. The second kappa shape index (κ2) is 10.7. The highest BCUT2D eigenvalue weighted by Gasteiger charge is 2.15. The molecule has 0 saturated heterocycles. The number of hydrogen-bond donors (Lipinski definition) is 1. The van der Waals surface area contributed by atoms with Crippen molar-refractivity contribution in [2.75, 3.05) is 7.11 Å². The molecular formula is C24H23Cl2N5O3. The van der Waals surface area contributed by atoms with Gasteiger partial charge in [-0.1, -0.05) is 23.2 Å². The normalized spacial score (nSPS) is 11.1. The molecule has 3 rings (SSSR count). The number of nitrogens with zero attached hydrogens (tertiary/aromatic N) is 4. The van der Waals surface area contributed by atoms with Crippen molar-refractivity contribution in [3.05, 3.63) is 84.5 Å². The molecule has 1 amide bonds. The van der Waals surface area contributed by atoms with E-state index < -0.39 is 11.5 Å². The Kier molecular flexibility index (Phi) is 7.94. The number of ether oxygens (including phenoxy) is 1. The Morgan fingerprint density at radius 2 is 1.94 bits per heavy atom. The Labute approximate surface area is 207 Å². The van der Waals surface area contributed by atoms with Gasteiger partial charge in [-0.2, -0.15) is 10.4 Å². The number of methoxy groups -OCH3 is 1. The predicted octanol–water partition coefficient (Wildman–Crippen LogP) is 4.04. The minimum absolute atomic E-state index is 0.0444. The van der Waals surface area contributed by atoms with Gasteiger partial charge in [-0.25, -0.2) is 5.43 Å². The number of benzene rings is 1. The zero-order valence-electron chi connectivity index (χ0n) is 19.1. The molecule has 0 atom stereocenters. The van der Waals surface area contributed by atoms with Gasteiger partial charge < -0.3 is 13.9 Å². The number of halogens is 2. The molecule has 8 nitrogen and oxygen atoms in total. The van der Waals surface area contributed by atoms with E-state index in [1.807, 2.05) is 36.6 Å². The fourth-order valence-electron chi connectivity index (χ4n) is 3.72. The van der Waals surface area contributed by atoms with Gasteiger partial charge in [0.2, 0.25) is 0 Å². The van der Waals surface area contributed by atoms with Crippen LogP contribution in [0.15, 0.2) is 40.2 Å². The van der Waals surface area contributed by atoms with Gasteiger partial charge in [-0.05, 0) is 51.1 Å². The summed E-state index contributed by atoms with van der Waals surface area (Å²) >= 11 is 12.4. The molecule has 1 aromatic carbocycles. The third-order valence-corrected chi connectivity index (χ3v) is 5.85. The minimum atomic E-state index is -0.544. The summed E-state index contributed by atoms with van der Waals surface area (Å²) in [6, 6.07) is 10.7. The van der Waals surface area contributed by atoms with E-state index in [-0.39, 0.29) is 18.7 Å². The van der Waals surface area contributed by atoms with E-state index in [2.05, 4.69) is 10.5 Å². The molecule has 0 aliphatic carbocycles. The van der Waals surface area contributed by atoms with Gasteiger partial charge in [0.15, 0.2) is 0 Å². The quantitative estimate of drug-likeness (QED) is 0.391. The summed E-state index contributed by atoms with van der Waals surface area (Å²) in [7, 11) is 1.48. The summed E-state index contributed by atoms with van der Waals surface area (Å²) in [6.45, 7) is 5.40. The van der Waals surface area contributed by atoms with Crippen LogP contribution in [-0.2, 0) is 22.7 Å². The number of rotatable bonds is 7. The second-order valence-electron chi connectivity index (χ2n) is 7.67. The van der Waals surface area contributed by atoms with Crippen molar-refractivity contribution in [3.8, 4) is 11.8 Å². The van der Waals surface area contributed by atoms with Crippen LogP contribution < -0.4 is 11.0 Å². The number of carbonyl (C=O) groups excluding carboxylic acids is 1. The number of aromatic nitrogens is 2. The predicted molar refractivity (Wildman–Crippen MR) is 132 cm³/mol. The lowest BCUT2D eigenvalue weighted by molar-refractivity contribution is -0.121. The first-order valence-electron chi connectivity index (χ1n) is 10.3. The van der Waals surface area contributed by atoms with Gasteiger partial charge in [0.05, 0.1) is 23.5 Å². The first-order valence-corrected chi connectivity index (χ1v) is 11.0. The number of nitrogens with one attached hydrogen (secondary N) is 1. The summed E-state index contributed by atoms with van der Waals surface area (Å²) in [4.78, 5) is 25.1. The number of carbonyl (C=O) groups is 1. The number of aryl methyl sites for hydroxylation is 2. The molecule has 0 spiro atoms.